The highest BCUT2D eigenvalue weighted by atomic mass is 19.1. The van der Waals surface area contributed by atoms with Crippen LogP contribution in [-0.4, -0.2) is 37.7 Å². The summed E-state index contributed by atoms with van der Waals surface area (Å²) in [5.74, 6) is 0.594. The Bertz CT molecular complexity index is 405. The summed E-state index contributed by atoms with van der Waals surface area (Å²) in [7, 11) is 0. The molecule has 0 radical (unpaired) electrons. The summed E-state index contributed by atoms with van der Waals surface area (Å²) >= 11 is 0. The molecule has 0 atom stereocenters. The second-order valence-corrected chi connectivity index (χ2v) is 5.28. The molecule has 1 aliphatic heterocycles. The van der Waals surface area contributed by atoms with Crippen LogP contribution < -0.4 is 10.1 Å². The van der Waals surface area contributed by atoms with Crippen molar-refractivity contribution in [3.63, 3.8) is 0 Å². The fraction of sp³-hybridized carbons (Fsp3) is 0.625. The van der Waals surface area contributed by atoms with Crippen molar-refractivity contribution in [3.8, 4) is 5.75 Å². The van der Waals surface area contributed by atoms with Crippen molar-refractivity contribution in [1.29, 1.82) is 0 Å². The van der Waals surface area contributed by atoms with Gasteiger partial charge in [0.2, 0.25) is 0 Å². The Labute approximate surface area is 121 Å². The van der Waals surface area contributed by atoms with E-state index in [1.165, 1.54) is 32.0 Å². The summed E-state index contributed by atoms with van der Waals surface area (Å²) in [6.07, 6.45) is 3.68. The van der Waals surface area contributed by atoms with Crippen molar-refractivity contribution in [2.75, 3.05) is 32.8 Å². The van der Waals surface area contributed by atoms with E-state index in [2.05, 4.69) is 10.2 Å². The van der Waals surface area contributed by atoms with Gasteiger partial charge in [-0.3, -0.25) is 0 Å². The van der Waals surface area contributed by atoms with E-state index >= 15 is 0 Å². The highest BCUT2D eigenvalue weighted by Crippen LogP contribution is 2.20. The molecule has 3 nitrogen and oxygen atoms in total. The molecule has 1 fully saturated rings. The number of hydrogen-bond acceptors (Lipinski definition) is 3. The van der Waals surface area contributed by atoms with Gasteiger partial charge in [-0.05, 0) is 57.1 Å². The number of rotatable bonds is 8. The standard InChI is InChI=1S/C16H25FN2O/c1-2-18-13-14-12-15(17)6-7-16(14)20-11-5-10-19-8-3-4-9-19/h6-7,12,18H,2-5,8-11,13H2,1H3. The maximum atomic E-state index is 13.3. The molecule has 1 aromatic rings. The first-order valence-corrected chi connectivity index (χ1v) is 7.64. The monoisotopic (exact) mass is 280 g/mol. The minimum Gasteiger partial charge on any atom is -0.493 e. The van der Waals surface area contributed by atoms with Gasteiger partial charge in [-0.25, -0.2) is 4.39 Å². The largest absolute Gasteiger partial charge is 0.493 e. The lowest BCUT2D eigenvalue weighted by Gasteiger charge is -2.16. The zero-order chi connectivity index (χ0) is 14.2. The van der Waals surface area contributed by atoms with Gasteiger partial charge in [-0.1, -0.05) is 6.92 Å². The Morgan fingerprint density at radius 2 is 2.10 bits per heavy atom. The van der Waals surface area contributed by atoms with Gasteiger partial charge in [-0.2, -0.15) is 0 Å². The van der Waals surface area contributed by atoms with Gasteiger partial charge in [-0.15, -0.1) is 0 Å². The molecule has 0 aromatic heterocycles. The average molecular weight is 280 g/mol. The molecule has 0 aliphatic carbocycles. The van der Waals surface area contributed by atoms with Gasteiger partial charge in [0.1, 0.15) is 11.6 Å². The molecular formula is C16H25FN2O. The Morgan fingerprint density at radius 3 is 2.85 bits per heavy atom. The molecule has 0 spiro atoms. The summed E-state index contributed by atoms with van der Waals surface area (Å²) in [5.41, 5.74) is 0.896. The molecule has 0 amide bonds. The molecule has 1 heterocycles. The molecule has 112 valence electrons. The van der Waals surface area contributed by atoms with Gasteiger partial charge in [0.05, 0.1) is 6.61 Å². The van der Waals surface area contributed by atoms with Gasteiger partial charge >= 0.3 is 0 Å². The molecule has 1 N–H and O–H groups in total. The Kier molecular flexibility index (Phi) is 6.27. The van der Waals surface area contributed by atoms with E-state index in [0.717, 1.165) is 30.8 Å². The molecule has 1 aromatic carbocycles. The smallest absolute Gasteiger partial charge is 0.123 e. The van der Waals surface area contributed by atoms with E-state index in [1.807, 2.05) is 6.92 Å². The SMILES string of the molecule is CCNCc1cc(F)ccc1OCCCN1CCCC1. The topological polar surface area (TPSA) is 24.5 Å². The zero-order valence-corrected chi connectivity index (χ0v) is 12.3. The van der Waals surface area contributed by atoms with Gasteiger partial charge < -0.3 is 15.0 Å². The Hall–Kier alpha value is -1.13. The van der Waals surface area contributed by atoms with E-state index < -0.39 is 0 Å². The highest BCUT2D eigenvalue weighted by molar-refractivity contribution is 5.33. The van der Waals surface area contributed by atoms with Crippen molar-refractivity contribution in [3.05, 3.63) is 29.6 Å². The van der Waals surface area contributed by atoms with E-state index in [1.54, 1.807) is 12.1 Å². The molecule has 0 unspecified atom stereocenters. The lowest BCUT2D eigenvalue weighted by atomic mass is 10.2. The predicted octanol–water partition coefficient (Wildman–Crippen LogP) is 2.80. The maximum Gasteiger partial charge on any atom is 0.123 e. The van der Waals surface area contributed by atoms with Crippen molar-refractivity contribution in [1.82, 2.24) is 10.2 Å². The number of ether oxygens (including phenoxy) is 1. The van der Waals surface area contributed by atoms with Crippen molar-refractivity contribution < 1.29 is 9.13 Å². The maximum absolute atomic E-state index is 13.3. The number of nitrogens with zero attached hydrogens (tertiary/aromatic N) is 1. The van der Waals surface area contributed by atoms with Crippen LogP contribution in [0.5, 0.6) is 5.75 Å². The van der Waals surface area contributed by atoms with E-state index in [4.69, 9.17) is 4.74 Å². The second kappa shape index (κ2) is 8.22. The molecular weight excluding hydrogens is 255 g/mol. The van der Waals surface area contributed by atoms with Crippen LogP contribution in [0.4, 0.5) is 4.39 Å². The minimum atomic E-state index is -0.206. The fourth-order valence-corrected chi connectivity index (χ4v) is 2.56. The van der Waals surface area contributed by atoms with E-state index in [-0.39, 0.29) is 5.82 Å². The van der Waals surface area contributed by atoms with Crippen molar-refractivity contribution in [2.45, 2.75) is 32.7 Å². The van der Waals surface area contributed by atoms with Crippen LogP contribution >= 0.6 is 0 Å². The molecule has 0 bridgehead atoms. The molecule has 2 rings (SSSR count). The summed E-state index contributed by atoms with van der Waals surface area (Å²) in [4.78, 5) is 2.48. The van der Waals surface area contributed by atoms with Crippen LogP contribution in [0.1, 0.15) is 31.7 Å². The number of halogens is 1. The third-order valence-electron chi connectivity index (χ3n) is 3.66. The minimum absolute atomic E-state index is 0.206. The first-order chi connectivity index (χ1) is 9.79. The Balaban J connectivity index is 1.78. The quantitative estimate of drug-likeness (QED) is 0.741. The molecule has 1 aliphatic rings. The van der Waals surface area contributed by atoms with Crippen LogP contribution in [-0.2, 0) is 6.54 Å². The highest BCUT2D eigenvalue weighted by Gasteiger charge is 2.11. The first-order valence-electron chi connectivity index (χ1n) is 7.64. The number of likely N-dealkylation sites (tertiary alicyclic amines) is 1. The lowest BCUT2D eigenvalue weighted by molar-refractivity contribution is 0.261. The van der Waals surface area contributed by atoms with Crippen LogP contribution in [0.15, 0.2) is 18.2 Å². The van der Waals surface area contributed by atoms with Crippen LogP contribution in [0, 0.1) is 5.82 Å². The molecule has 0 saturated carbocycles. The van der Waals surface area contributed by atoms with E-state index in [0.29, 0.717) is 13.2 Å². The van der Waals surface area contributed by atoms with Crippen molar-refractivity contribution in [2.24, 2.45) is 0 Å². The average Bonchev–Trinajstić information content (AvgIpc) is 2.96. The molecule has 20 heavy (non-hydrogen) atoms. The van der Waals surface area contributed by atoms with E-state index in [9.17, 15) is 4.39 Å². The summed E-state index contributed by atoms with van der Waals surface area (Å²) in [6, 6.07) is 4.75. The van der Waals surface area contributed by atoms with Crippen LogP contribution in [0.25, 0.3) is 0 Å². The fourth-order valence-electron chi connectivity index (χ4n) is 2.56. The van der Waals surface area contributed by atoms with Crippen LogP contribution in [0.2, 0.25) is 0 Å². The third-order valence-corrected chi connectivity index (χ3v) is 3.66. The number of hydrogen-bond donors (Lipinski definition) is 1. The number of nitrogens with one attached hydrogen (secondary N) is 1. The van der Waals surface area contributed by atoms with Gasteiger partial charge in [0.15, 0.2) is 0 Å². The lowest BCUT2D eigenvalue weighted by Crippen LogP contribution is -2.22. The first kappa shape index (κ1) is 15.3. The van der Waals surface area contributed by atoms with Crippen LogP contribution in [0.3, 0.4) is 0 Å². The number of benzene rings is 1. The normalized spacial score (nSPS) is 15.7. The third kappa shape index (κ3) is 4.76. The van der Waals surface area contributed by atoms with Gasteiger partial charge in [0.25, 0.3) is 0 Å². The van der Waals surface area contributed by atoms with Gasteiger partial charge in [0, 0.05) is 18.7 Å². The second-order valence-electron chi connectivity index (χ2n) is 5.28. The summed E-state index contributed by atoms with van der Waals surface area (Å²) in [6.45, 7) is 7.80. The van der Waals surface area contributed by atoms with Crippen molar-refractivity contribution >= 4 is 0 Å². The molecule has 4 heteroatoms. The summed E-state index contributed by atoms with van der Waals surface area (Å²) in [5, 5.41) is 3.21. The molecule has 1 saturated heterocycles. The summed E-state index contributed by atoms with van der Waals surface area (Å²) < 4.78 is 19.1. The predicted molar refractivity (Wildman–Crippen MR) is 79.6 cm³/mol. The Morgan fingerprint density at radius 1 is 1.30 bits per heavy atom. The zero-order valence-electron chi connectivity index (χ0n) is 12.3.